The summed E-state index contributed by atoms with van der Waals surface area (Å²) in [6, 6.07) is 5.29. The molecule has 0 aliphatic heterocycles. The molecule has 1 aromatic heterocycles. The van der Waals surface area contributed by atoms with E-state index in [-0.39, 0.29) is 0 Å². The maximum atomic E-state index is 6.12. The summed E-state index contributed by atoms with van der Waals surface area (Å²) in [7, 11) is 1.80. The van der Waals surface area contributed by atoms with Crippen LogP contribution in [-0.4, -0.2) is 9.78 Å². The van der Waals surface area contributed by atoms with Crippen LogP contribution in [0.4, 0.5) is 5.82 Å². The molecule has 1 heterocycles. The predicted molar refractivity (Wildman–Crippen MR) is 67.8 cm³/mol. The van der Waals surface area contributed by atoms with Gasteiger partial charge in [0.2, 0.25) is 0 Å². The fourth-order valence-corrected chi connectivity index (χ4v) is 1.96. The number of hydrogen-bond donors (Lipinski definition) is 1. The first-order chi connectivity index (χ1) is 7.50. The van der Waals surface area contributed by atoms with Gasteiger partial charge in [0.1, 0.15) is 5.82 Å². The van der Waals surface area contributed by atoms with Crippen LogP contribution >= 0.6 is 23.2 Å². The maximum Gasteiger partial charge on any atom is 0.124 e. The lowest BCUT2D eigenvalue weighted by Crippen LogP contribution is -1.97. The minimum Gasteiger partial charge on any atom is -0.384 e. The zero-order valence-electron chi connectivity index (χ0n) is 8.96. The molecular weight excluding hydrogens is 245 g/mol. The Bertz CT molecular complexity index is 546. The number of halogens is 2. The quantitative estimate of drug-likeness (QED) is 0.850. The molecule has 0 amide bonds. The third-order valence-corrected chi connectivity index (χ3v) is 3.09. The van der Waals surface area contributed by atoms with Crippen molar-refractivity contribution in [3.8, 4) is 11.3 Å². The molecule has 0 aliphatic carbocycles. The molecule has 16 heavy (non-hydrogen) atoms. The highest BCUT2D eigenvalue weighted by Gasteiger charge is 2.14. The molecule has 0 unspecified atom stereocenters. The van der Waals surface area contributed by atoms with E-state index < -0.39 is 0 Å². The first-order valence-corrected chi connectivity index (χ1v) is 5.51. The summed E-state index contributed by atoms with van der Waals surface area (Å²) >= 11 is 12.1. The lowest BCUT2D eigenvalue weighted by molar-refractivity contribution is 0.782. The van der Waals surface area contributed by atoms with Crippen molar-refractivity contribution in [1.82, 2.24) is 9.78 Å². The Kier molecular flexibility index (Phi) is 2.82. The molecule has 0 radical (unpaired) electrons. The van der Waals surface area contributed by atoms with Crippen LogP contribution in [0.3, 0.4) is 0 Å². The van der Waals surface area contributed by atoms with E-state index in [1.807, 2.05) is 6.92 Å². The van der Waals surface area contributed by atoms with Gasteiger partial charge in [-0.15, -0.1) is 0 Å². The predicted octanol–water partition coefficient (Wildman–Crippen LogP) is 3.28. The van der Waals surface area contributed by atoms with Crippen molar-refractivity contribution in [3.63, 3.8) is 0 Å². The highest BCUT2D eigenvalue weighted by atomic mass is 35.5. The van der Waals surface area contributed by atoms with Gasteiger partial charge in [0, 0.05) is 23.2 Å². The third-order valence-electron chi connectivity index (χ3n) is 2.52. The molecule has 2 N–H and O–H groups in total. The second kappa shape index (κ2) is 4.00. The van der Waals surface area contributed by atoms with Crippen LogP contribution in [-0.2, 0) is 7.05 Å². The van der Waals surface area contributed by atoms with Crippen molar-refractivity contribution in [2.24, 2.45) is 7.05 Å². The van der Waals surface area contributed by atoms with Gasteiger partial charge in [-0.25, -0.2) is 0 Å². The van der Waals surface area contributed by atoms with Gasteiger partial charge in [-0.05, 0) is 25.1 Å². The van der Waals surface area contributed by atoms with Crippen LogP contribution in [0.15, 0.2) is 18.2 Å². The van der Waals surface area contributed by atoms with Crippen molar-refractivity contribution < 1.29 is 0 Å². The number of anilines is 1. The molecule has 5 heteroatoms. The zero-order chi connectivity index (χ0) is 11.9. The molecule has 0 spiro atoms. The van der Waals surface area contributed by atoms with Crippen molar-refractivity contribution in [3.05, 3.63) is 33.8 Å². The third kappa shape index (κ3) is 1.77. The van der Waals surface area contributed by atoms with E-state index in [2.05, 4.69) is 5.10 Å². The number of benzene rings is 1. The lowest BCUT2D eigenvalue weighted by Gasteiger charge is -2.02. The van der Waals surface area contributed by atoms with Crippen LogP contribution in [0.2, 0.25) is 10.0 Å². The van der Waals surface area contributed by atoms with Crippen LogP contribution in [0.25, 0.3) is 11.3 Å². The van der Waals surface area contributed by atoms with E-state index >= 15 is 0 Å². The lowest BCUT2D eigenvalue weighted by atomic mass is 10.1. The number of nitrogens with two attached hydrogens (primary N) is 1. The van der Waals surface area contributed by atoms with Gasteiger partial charge >= 0.3 is 0 Å². The highest BCUT2D eigenvalue weighted by Crippen LogP contribution is 2.33. The molecule has 2 aromatic rings. The number of hydrogen-bond acceptors (Lipinski definition) is 2. The topological polar surface area (TPSA) is 43.8 Å². The summed E-state index contributed by atoms with van der Waals surface area (Å²) in [4.78, 5) is 0. The molecule has 0 saturated heterocycles. The molecule has 0 bridgehead atoms. The van der Waals surface area contributed by atoms with Crippen molar-refractivity contribution in [2.75, 3.05) is 5.73 Å². The first kappa shape index (κ1) is 11.3. The van der Waals surface area contributed by atoms with Crippen molar-refractivity contribution >= 4 is 29.0 Å². The normalized spacial score (nSPS) is 10.8. The van der Waals surface area contributed by atoms with Gasteiger partial charge in [-0.2, -0.15) is 5.10 Å². The van der Waals surface area contributed by atoms with E-state index in [1.165, 1.54) is 0 Å². The van der Waals surface area contributed by atoms with Crippen LogP contribution in [0.1, 0.15) is 5.56 Å². The molecule has 1 aromatic carbocycles. The fraction of sp³-hybridized carbons (Fsp3) is 0.182. The van der Waals surface area contributed by atoms with E-state index in [1.54, 1.807) is 29.9 Å². The summed E-state index contributed by atoms with van der Waals surface area (Å²) in [5.41, 5.74) is 8.34. The van der Waals surface area contributed by atoms with Crippen LogP contribution in [0.5, 0.6) is 0 Å². The second-order valence-corrected chi connectivity index (χ2v) is 4.45. The molecule has 0 aliphatic rings. The van der Waals surface area contributed by atoms with Gasteiger partial charge in [-0.3, -0.25) is 4.68 Å². The van der Waals surface area contributed by atoms with Gasteiger partial charge in [0.15, 0.2) is 0 Å². The molecule has 0 fully saturated rings. The average Bonchev–Trinajstić information content (AvgIpc) is 2.50. The smallest absolute Gasteiger partial charge is 0.124 e. The summed E-state index contributed by atoms with van der Waals surface area (Å²) in [5.74, 6) is 0.631. The summed E-state index contributed by atoms with van der Waals surface area (Å²) in [6.07, 6.45) is 0. The number of nitrogens with zero attached hydrogens (tertiary/aromatic N) is 2. The van der Waals surface area contributed by atoms with Crippen LogP contribution < -0.4 is 5.73 Å². The van der Waals surface area contributed by atoms with E-state index in [0.29, 0.717) is 15.9 Å². The van der Waals surface area contributed by atoms with Crippen molar-refractivity contribution in [1.29, 1.82) is 0 Å². The van der Waals surface area contributed by atoms with Gasteiger partial charge < -0.3 is 5.73 Å². The maximum absolute atomic E-state index is 6.12. The zero-order valence-corrected chi connectivity index (χ0v) is 10.5. The Balaban J connectivity index is 2.67. The van der Waals surface area contributed by atoms with Gasteiger partial charge in [-0.1, -0.05) is 23.2 Å². The van der Waals surface area contributed by atoms with E-state index in [9.17, 15) is 0 Å². The second-order valence-electron chi connectivity index (χ2n) is 3.61. The molecule has 2 rings (SSSR count). The molecule has 0 atom stereocenters. The van der Waals surface area contributed by atoms with Crippen molar-refractivity contribution in [2.45, 2.75) is 6.92 Å². The Morgan fingerprint density at radius 1 is 1.31 bits per heavy atom. The number of aromatic nitrogens is 2. The van der Waals surface area contributed by atoms with E-state index in [0.717, 1.165) is 16.8 Å². The minimum absolute atomic E-state index is 0.616. The Hall–Kier alpha value is -1.19. The largest absolute Gasteiger partial charge is 0.384 e. The van der Waals surface area contributed by atoms with Crippen LogP contribution in [0, 0.1) is 6.92 Å². The highest BCUT2D eigenvalue weighted by molar-refractivity contribution is 6.35. The summed E-state index contributed by atoms with van der Waals surface area (Å²) in [6.45, 7) is 1.91. The Morgan fingerprint density at radius 2 is 2.00 bits per heavy atom. The minimum atomic E-state index is 0.616. The standard InChI is InChI=1S/C11H11Cl2N3/c1-6-10(15-16(2)11(6)14)8-5-7(12)3-4-9(8)13/h3-5H,14H2,1-2H3. The van der Waals surface area contributed by atoms with Gasteiger partial charge in [0.25, 0.3) is 0 Å². The number of rotatable bonds is 1. The summed E-state index contributed by atoms with van der Waals surface area (Å²) < 4.78 is 1.63. The monoisotopic (exact) mass is 255 g/mol. The molecule has 0 saturated carbocycles. The summed E-state index contributed by atoms with van der Waals surface area (Å²) in [5, 5.41) is 5.57. The number of nitrogen functional groups attached to an aromatic ring is 1. The molecular formula is C11H11Cl2N3. The molecule has 84 valence electrons. The van der Waals surface area contributed by atoms with E-state index in [4.69, 9.17) is 28.9 Å². The van der Waals surface area contributed by atoms with Gasteiger partial charge in [0.05, 0.1) is 10.7 Å². The first-order valence-electron chi connectivity index (χ1n) is 4.75. The number of aryl methyl sites for hydroxylation is 1. The molecule has 3 nitrogen and oxygen atoms in total. The fourth-order valence-electron chi connectivity index (χ4n) is 1.58. The SMILES string of the molecule is Cc1c(-c2cc(Cl)ccc2Cl)nn(C)c1N. The Labute approximate surface area is 104 Å². The Morgan fingerprint density at radius 3 is 2.56 bits per heavy atom. The average molecular weight is 256 g/mol.